The summed E-state index contributed by atoms with van der Waals surface area (Å²) in [5.74, 6) is 0. The van der Waals surface area contributed by atoms with Crippen molar-refractivity contribution in [3.8, 4) is 11.3 Å². The van der Waals surface area contributed by atoms with Crippen molar-refractivity contribution in [3.63, 3.8) is 0 Å². The molecule has 2 aromatic rings. The third-order valence-electron chi connectivity index (χ3n) is 3.39. The summed E-state index contributed by atoms with van der Waals surface area (Å²) in [6, 6.07) is 1.82. The van der Waals surface area contributed by atoms with Gasteiger partial charge in [0, 0.05) is 36.7 Å². The Hall–Kier alpha value is -1.88. The van der Waals surface area contributed by atoms with E-state index in [1.54, 1.807) is 12.4 Å². The van der Waals surface area contributed by atoms with Crippen molar-refractivity contribution in [3.05, 3.63) is 31.0 Å². The fraction of sp³-hybridized carbons (Fsp3) is 0.429. The minimum Gasteiger partial charge on any atom is -0.398 e. The molecule has 0 spiro atoms. The van der Waals surface area contributed by atoms with Gasteiger partial charge >= 0.3 is 0 Å². The van der Waals surface area contributed by atoms with Crippen LogP contribution in [0.2, 0.25) is 0 Å². The van der Waals surface area contributed by atoms with Gasteiger partial charge in [-0.05, 0) is 19.2 Å². The number of nitrogen functional groups attached to an aromatic ring is 1. The van der Waals surface area contributed by atoms with Crippen LogP contribution in [0.4, 0.5) is 5.69 Å². The van der Waals surface area contributed by atoms with E-state index in [1.165, 1.54) is 0 Å². The van der Waals surface area contributed by atoms with Crippen molar-refractivity contribution >= 4 is 5.69 Å². The van der Waals surface area contributed by atoms with E-state index in [0.29, 0.717) is 0 Å². The zero-order valence-electron chi connectivity index (χ0n) is 11.6. The van der Waals surface area contributed by atoms with E-state index in [1.807, 2.05) is 18.6 Å². The van der Waals surface area contributed by atoms with Gasteiger partial charge in [0.1, 0.15) is 0 Å². The van der Waals surface area contributed by atoms with Gasteiger partial charge in [0.2, 0.25) is 0 Å². The molecule has 0 aliphatic rings. The van der Waals surface area contributed by atoms with Crippen LogP contribution in [0, 0.1) is 0 Å². The predicted octanol–water partition coefficient (Wildman–Crippen LogP) is 1.87. The third kappa shape index (κ3) is 3.12. The largest absolute Gasteiger partial charge is 0.398 e. The Kier molecular flexibility index (Phi) is 4.52. The number of anilines is 1. The van der Waals surface area contributed by atoms with Crippen LogP contribution in [-0.4, -0.2) is 39.1 Å². The average molecular weight is 259 g/mol. The fourth-order valence-electron chi connectivity index (χ4n) is 2.13. The summed E-state index contributed by atoms with van der Waals surface area (Å²) in [5.41, 5.74) is 8.70. The molecule has 5 heteroatoms. The molecule has 0 saturated heterocycles. The maximum Gasteiger partial charge on any atom is 0.0951 e. The second-order valence-electron chi connectivity index (χ2n) is 4.46. The number of imidazole rings is 1. The maximum absolute atomic E-state index is 6.00. The monoisotopic (exact) mass is 259 g/mol. The van der Waals surface area contributed by atoms with Gasteiger partial charge in [0.25, 0.3) is 0 Å². The van der Waals surface area contributed by atoms with Crippen LogP contribution in [0.1, 0.15) is 13.8 Å². The molecule has 0 aromatic carbocycles. The lowest BCUT2D eigenvalue weighted by molar-refractivity contribution is 0.291. The summed E-state index contributed by atoms with van der Waals surface area (Å²) in [7, 11) is 0. The minimum atomic E-state index is 0.736. The molecule has 0 atom stereocenters. The van der Waals surface area contributed by atoms with Gasteiger partial charge in [-0.25, -0.2) is 4.98 Å². The highest BCUT2D eigenvalue weighted by atomic mass is 15.1. The van der Waals surface area contributed by atoms with Crippen LogP contribution in [-0.2, 0) is 6.54 Å². The molecule has 0 radical (unpaired) electrons. The first-order valence-corrected chi connectivity index (χ1v) is 6.68. The van der Waals surface area contributed by atoms with Gasteiger partial charge in [-0.1, -0.05) is 13.8 Å². The molecule has 0 fully saturated rings. The number of rotatable bonds is 6. The molecule has 0 amide bonds. The summed E-state index contributed by atoms with van der Waals surface area (Å²) in [6.07, 6.45) is 7.19. The van der Waals surface area contributed by atoms with E-state index in [4.69, 9.17) is 5.73 Å². The zero-order valence-corrected chi connectivity index (χ0v) is 11.6. The first kappa shape index (κ1) is 13.5. The van der Waals surface area contributed by atoms with Gasteiger partial charge in [-0.15, -0.1) is 0 Å². The highest BCUT2D eigenvalue weighted by Gasteiger charge is 2.09. The SMILES string of the molecule is CCN(CC)CCn1cncc1-c1cnccc1N. The van der Waals surface area contributed by atoms with Crippen molar-refractivity contribution in [1.82, 2.24) is 19.4 Å². The van der Waals surface area contributed by atoms with Crippen molar-refractivity contribution in [2.45, 2.75) is 20.4 Å². The Morgan fingerprint density at radius 2 is 2.00 bits per heavy atom. The number of likely N-dealkylation sites (N-methyl/N-ethyl adjacent to an activating group) is 1. The van der Waals surface area contributed by atoms with Crippen LogP contribution in [0.15, 0.2) is 31.0 Å². The van der Waals surface area contributed by atoms with Crippen LogP contribution < -0.4 is 5.73 Å². The van der Waals surface area contributed by atoms with E-state index in [9.17, 15) is 0 Å². The lowest BCUT2D eigenvalue weighted by Gasteiger charge is -2.19. The van der Waals surface area contributed by atoms with Crippen molar-refractivity contribution in [2.24, 2.45) is 0 Å². The molecular formula is C14H21N5. The molecule has 2 N–H and O–H groups in total. The quantitative estimate of drug-likeness (QED) is 0.860. The normalized spacial score (nSPS) is 11.1. The molecule has 0 aliphatic heterocycles. The maximum atomic E-state index is 6.00. The molecule has 0 aliphatic carbocycles. The predicted molar refractivity (Wildman–Crippen MR) is 77.7 cm³/mol. The van der Waals surface area contributed by atoms with Crippen LogP contribution in [0.25, 0.3) is 11.3 Å². The van der Waals surface area contributed by atoms with Gasteiger partial charge in [0.05, 0.1) is 18.2 Å². The molecule has 0 saturated carbocycles. The van der Waals surface area contributed by atoms with E-state index >= 15 is 0 Å². The summed E-state index contributed by atoms with van der Waals surface area (Å²) in [5, 5.41) is 0. The van der Waals surface area contributed by atoms with E-state index in [-0.39, 0.29) is 0 Å². The zero-order chi connectivity index (χ0) is 13.7. The standard InChI is InChI=1S/C14H21N5/c1-3-18(4-2)7-8-19-11-17-10-14(19)12-9-16-6-5-13(12)15/h5-6,9-11H,3-4,7-8H2,1-2H3,(H2,15,16). The lowest BCUT2D eigenvalue weighted by Crippen LogP contribution is -2.27. The van der Waals surface area contributed by atoms with E-state index in [2.05, 4.69) is 33.3 Å². The highest BCUT2D eigenvalue weighted by Crippen LogP contribution is 2.23. The number of hydrogen-bond donors (Lipinski definition) is 1. The molecule has 2 heterocycles. The second-order valence-corrected chi connectivity index (χ2v) is 4.46. The molecule has 19 heavy (non-hydrogen) atoms. The summed E-state index contributed by atoms with van der Waals surface area (Å²) < 4.78 is 2.13. The van der Waals surface area contributed by atoms with Crippen molar-refractivity contribution in [1.29, 1.82) is 0 Å². The second kappa shape index (κ2) is 6.33. The Bertz CT molecular complexity index is 516. The van der Waals surface area contributed by atoms with E-state index < -0.39 is 0 Å². The Labute approximate surface area is 114 Å². The molecule has 2 aromatic heterocycles. The molecule has 102 valence electrons. The summed E-state index contributed by atoms with van der Waals surface area (Å²) in [4.78, 5) is 10.8. The molecule has 0 unspecified atom stereocenters. The molecular weight excluding hydrogens is 238 g/mol. The summed E-state index contributed by atoms with van der Waals surface area (Å²) >= 11 is 0. The first-order chi connectivity index (χ1) is 9.26. The number of hydrogen-bond acceptors (Lipinski definition) is 4. The van der Waals surface area contributed by atoms with Crippen molar-refractivity contribution in [2.75, 3.05) is 25.4 Å². The number of nitrogens with zero attached hydrogens (tertiary/aromatic N) is 4. The minimum absolute atomic E-state index is 0.736. The molecule has 5 nitrogen and oxygen atoms in total. The van der Waals surface area contributed by atoms with Gasteiger partial charge < -0.3 is 15.2 Å². The smallest absolute Gasteiger partial charge is 0.0951 e. The third-order valence-corrected chi connectivity index (χ3v) is 3.39. The first-order valence-electron chi connectivity index (χ1n) is 6.68. The van der Waals surface area contributed by atoms with Crippen LogP contribution in [0.3, 0.4) is 0 Å². The van der Waals surface area contributed by atoms with Crippen LogP contribution >= 0.6 is 0 Å². The van der Waals surface area contributed by atoms with Gasteiger partial charge in [0.15, 0.2) is 0 Å². The molecule has 2 rings (SSSR count). The number of nitrogens with two attached hydrogens (primary N) is 1. The van der Waals surface area contributed by atoms with Crippen LogP contribution in [0.5, 0.6) is 0 Å². The highest BCUT2D eigenvalue weighted by molar-refractivity contribution is 5.72. The van der Waals surface area contributed by atoms with Gasteiger partial charge in [-0.2, -0.15) is 0 Å². The van der Waals surface area contributed by atoms with Crippen molar-refractivity contribution < 1.29 is 0 Å². The Morgan fingerprint density at radius 1 is 1.21 bits per heavy atom. The van der Waals surface area contributed by atoms with Gasteiger partial charge in [-0.3, -0.25) is 4.98 Å². The Balaban J connectivity index is 2.16. The summed E-state index contributed by atoms with van der Waals surface area (Å²) in [6.45, 7) is 8.40. The number of pyridine rings is 1. The average Bonchev–Trinajstić information content (AvgIpc) is 2.89. The molecule has 0 bridgehead atoms. The Morgan fingerprint density at radius 3 is 2.68 bits per heavy atom. The fourth-order valence-corrected chi connectivity index (χ4v) is 2.13. The van der Waals surface area contributed by atoms with E-state index in [0.717, 1.165) is 43.1 Å². The topological polar surface area (TPSA) is 60.0 Å². The number of aromatic nitrogens is 3. The lowest BCUT2D eigenvalue weighted by atomic mass is 10.2.